The number of rotatable bonds is 6. The molecule has 216 valence electrons. The van der Waals surface area contributed by atoms with E-state index in [0.717, 1.165) is 35.7 Å². The number of piperazine rings is 1. The fourth-order valence-electron chi connectivity index (χ4n) is 6.00. The number of terminal acetylenes is 1. The van der Waals surface area contributed by atoms with Crippen molar-refractivity contribution in [2.45, 2.75) is 37.5 Å². The van der Waals surface area contributed by atoms with Crippen LogP contribution in [0.15, 0.2) is 36.4 Å². The predicted molar refractivity (Wildman–Crippen MR) is 158 cm³/mol. The maximum absolute atomic E-state index is 12.4. The van der Waals surface area contributed by atoms with E-state index < -0.39 is 18.1 Å². The number of benzene rings is 2. The Hall–Kier alpha value is -4.25. The van der Waals surface area contributed by atoms with Gasteiger partial charge in [-0.05, 0) is 43.8 Å². The number of hydrogen-bond acceptors (Lipinski definition) is 9. The van der Waals surface area contributed by atoms with Crippen LogP contribution in [0.3, 0.4) is 0 Å². The molecule has 3 atom stereocenters. The molecule has 3 aliphatic heterocycles. The Balaban J connectivity index is 1.34. The van der Waals surface area contributed by atoms with Gasteiger partial charge in [0.1, 0.15) is 13.2 Å². The van der Waals surface area contributed by atoms with Crippen molar-refractivity contribution in [1.82, 2.24) is 19.8 Å². The second-order valence-electron chi connectivity index (χ2n) is 10.8. The van der Waals surface area contributed by atoms with E-state index in [1.165, 1.54) is 0 Å². The molecule has 42 heavy (non-hydrogen) atoms. The molecule has 0 spiro atoms. The van der Waals surface area contributed by atoms with Gasteiger partial charge in [-0.3, -0.25) is 4.79 Å². The van der Waals surface area contributed by atoms with Crippen LogP contribution in [0.5, 0.6) is 17.6 Å². The van der Waals surface area contributed by atoms with Crippen LogP contribution in [0.2, 0.25) is 5.02 Å². The number of nitriles is 1. The van der Waals surface area contributed by atoms with Crippen LogP contribution in [-0.4, -0.2) is 84.2 Å². The second-order valence-corrected chi connectivity index (χ2v) is 11.2. The van der Waals surface area contributed by atoms with Crippen LogP contribution in [0, 0.1) is 23.7 Å². The van der Waals surface area contributed by atoms with Crippen molar-refractivity contribution in [2.24, 2.45) is 0 Å². The molecule has 1 unspecified atom stereocenters. The Morgan fingerprint density at radius 3 is 2.79 bits per heavy atom. The van der Waals surface area contributed by atoms with Gasteiger partial charge in [-0.1, -0.05) is 41.9 Å². The average molecular weight is 587 g/mol. The van der Waals surface area contributed by atoms with Crippen molar-refractivity contribution in [1.29, 1.82) is 5.26 Å². The third kappa shape index (κ3) is 5.36. The SMILES string of the molecule is C#CC(=O)N1CCN(c2nc(OC[C@@H]3CCCN3C)nc3c2OCC(c2cccc4cccc(Cl)c24)O3)C[C@@H]1CC#N. The summed E-state index contributed by atoms with van der Waals surface area (Å²) in [5.41, 5.74) is 0.898. The van der Waals surface area contributed by atoms with E-state index in [1.54, 1.807) is 4.90 Å². The largest absolute Gasteiger partial charge is 0.481 e. The average Bonchev–Trinajstić information content (AvgIpc) is 3.43. The molecule has 11 heteroatoms. The van der Waals surface area contributed by atoms with Gasteiger partial charge >= 0.3 is 6.01 Å². The van der Waals surface area contributed by atoms with Gasteiger partial charge < -0.3 is 28.9 Å². The number of anilines is 1. The Morgan fingerprint density at radius 1 is 1.19 bits per heavy atom. The van der Waals surface area contributed by atoms with Crippen LogP contribution < -0.4 is 19.1 Å². The van der Waals surface area contributed by atoms with Crippen molar-refractivity contribution in [3.8, 4) is 36.1 Å². The molecule has 0 radical (unpaired) electrons. The Kier molecular flexibility index (Phi) is 7.92. The highest BCUT2D eigenvalue weighted by Gasteiger charge is 2.36. The van der Waals surface area contributed by atoms with Crippen LogP contribution >= 0.6 is 11.6 Å². The third-order valence-electron chi connectivity index (χ3n) is 8.23. The lowest BCUT2D eigenvalue weighted by Crippen LogP contribution is -2.55. The number of amides is 1. The van der Waals surface area contributed by atoms with E-state index in [0.29, 0.717) is 42.8 Å². The highest BCUT2D eigenvalue weighted by molar-refractivity contribution is 6.35. The zero-order valence-electron chi connectivity index (χ0n) is 23.3. The van der Waals surface area contributed by atoms with Gasteiger partial charge in [0.15, 0.2) is 11.9 Å². The first kappa shape index (κ1) is 27.9. The summed E-state index contributed by atoms with van der Waals surface area (Å²) in [7, 11) is 2.09. The van der Waals surface area contributed by atoms with Crippen molar-refractivity contribution in [3.05, 3.63) is 47.0 Å². The van der Waals surface area contributed by atoms with Crippen molar-refractivity contribution in [3.63, 3.8) is 0 Å². The summed E-state index contributed by atoms with van der Waals surface area (Å²) >= 11 is 6.62. The molecule has 2 aromatic carbocycles. The van der Waals surface area contributed by atoms with E-state index in [1.807, 2.05) is 41.3 Å². The molecule has 0 saturated carbocycles. The van der Waals surface area contributed by atoms with Crippen LogP contribution in [0.4, 0.5) is 5.82 Å². The molecule has 3 aromatic rings. The smallest absolute Gasteiger partial charge is 0.322 e. The molecule has 0 bridgehead atoms. The predicted octanol–water partition coefficient (Wildman–Crippen LogP) is 3.83. The zero-order chi connectivity index (χ0) is 29.2. The molecule has 4 heterocycles. The number of carbonyl (C=O) groups excluding carboxylic acids is 1. The summed E-state index contributed by atoms with van der Waals surface area (Å²) < 4.78 is 19.0. The molecular weight excluding hydrogens is 556 g/mol. The Labute approximate surface area is 249 Å². The van der Waals surface area contributed by atoms with Crippen molar-refractivity contribution < 1.29 is 19.0 Å². The van der Waals surface area contributed by atoms with Gasteiger partial charge in [0.2, 0.25) is 5.75 Å². The summed E-state index contributed by atoms with van der Waals surface area (Å²) in [6.45, 7) is 2.82. The van der Waals surface area contributed by atoms with Gasteiger partial charge in [0.05, 0.1) is 18.5 Å². The number of fused-ring (bicyclic) bond motifs is 2. The summed E-state index contributed by atoms with van der Waals surface area (Å²) in [5, 5.41) is 12.0. The van der Waals surface area contributed by atoms with Gasteiger partial charge in [0, 0.05) is 41.6 Å². The molecule has 0 aliphatic carbocycles. The van der Waals surface area contributed by atoms with E-state index in [4.69, 9.17) is 37.2 Å². The lowest BCUT2D eigenvalue weighted by molar-refractivity contribution is -0.127. The van der Waals surface area contributed by atoms with Crippen LogP contribution in [-0.2, 0) is 4.79 Å². The normalized spacial score (nSPS) is 22.0. The second kappa shape index (κ2) is 11.9. The molecule has 2 fully saturated rings. The molecule has 3 aliphatic rings. The van der Waals surface area contributed by atoms with E-state index in [9.17, 15) is 10.1 Å². The number of ether oxygens (including phenoxy) is 3. The maximum Gasteiger partial charge on any atom is 0.322 e. The van der Waals surface area contributed by atoms with Gasteiger partial charge in [-0.2, -0.15) is 15.2 Å². The van der Waals surface area contributed by atoms with Crippen molar-refractivity contribution >= 4 is 34.1 Å². The Morgan fingerprint density at radius 2 is 2.02 bits per heavy atom. The molecule has 1 aromatic heterocycles. The molecule has 0 N–H and O–H groups in total. The zero-order valence-corrected chi connectivity index (χ0v) is 24.1. The molecule has 10 nitrogen and oxygen atoms in total. The quantitative estimate of drug-likeness (QED) is 0.399. The summed E-state index contributed by atoms with van der Waals surface area (Å²) in [6.07, 6.45) is 7.23. The Bertz CT molecular complexity index is 1580. The van der Waals surface area contributed by atoms with Crippen LogP contribution in [0.25, 0.3) is 10.8 Å². The minimum absolute atomic E-state index is 0.135. The van der Waals surface area contributed by atoms with Crippen molar-refractivity contribution in [2.75, 3.05) is 51.3 Å². The number of likely N-dealkylation sites (N-methyl/N-ethyl adjacent to an activating group) is 1. The third-order valence-corrected chi connectivity index (χ3v) is 8.55. The highest BCUT2D eigenvalue weighted by Crippen LogP contribution is 2.44. The molecular formula is C31H31ClN6O4. The fraction of sp³-hybridized carbons (Fsp3) is 0.419. The lowest BCUT2D eigenvalue weighted by atomic mass is 10.00. The van der Waals surface area contributed by atoms with E-state index in [2.05, 4.69) is 28.9 Å². The summed E-state index contributed by atoms with van der Waals surface area (Å²) in [5.74, 6) is 2.92. The maximum atomic E-state index is 12.4. The standard InChI is InChI=1S/C31H31ClN6O4/c1-3-26(39)38-16-15-37(17-21(38)12-13-33)29-28-30(35-31(34-29)41-18-22-9-6-14-36(22)2)42-25(19-40-28)23-10-4-7-20-8-5-11-24(32)27(20)23/h1,4-5,7-8,10-11,21-22,25H,6,9,12,14-19H2,2H3/t21-,22-,25?/m0/s1. The molecule has 6 rings (SSSR count). The molecule has 2 saturated heterocycles. The van der Waals surface area contributed by atoms with E-state index in [-0.39, 0.29) is 31.0 Å². The number of likely N-dealkylation sites (tertiary alicyclic amines) is 1. The monoisotopic (exact) mass is 586 g/mol. The number of nitrogens with zero attached hydrogens (tertiary/aromatic N) is 6. The first-order valence-corrected chi connectivity index (χ1v) is 14.5. The van der Waals surface area contributed by atoms with Gasteiger partial charge in [0.25, 0.3) is 11.8 Å². The highest BCUT2D eigenvalue weighted by atomic mass is 35.5. The first-order valence-electron chi connectivity index (χ1n) is 14.1. The first-order chi connectivity index (χ1) is 20.5. The van der Waals surface area contributed by atoms with Crippen LogP contribution in [0.1, 0.15) is 30.9 Å². The minimum atomic E-state index is -0.464. The minimum Gasteiger partial charge on any atom is -0.481 e. The van der Waals surface area contributed by atoms with E-state index >= 15 is 0 Å². The summed E-state index contributed by atoms with van der Waals surface area (Å²) in [4.78, 5) is 27.6. The molecule has 1 amide bonds. The number of carbonyl (C=O) groups is 1. The lowest BCUT2D eigenvalue weighted by Gasteiger charge is -2.41. The number of hydrogen-bond donors (Lipinski definition) is 0. The number of halogens is 1. The van der Waals surface area contributed by atoms with Gasteiger partial charge in [-0.15, -0.1) is 6.42 Å². The fourth-order valence-corrected chi connectivity index (χ4v) is 6.29. The van der Waals surface area contributed by atoms with Gasteiger partial charge in [-0.25, -0.2) is 0 Å². The summed E-state index contributed by atoms with van der Waals surface area (Å²) in [6, 6.07) is 14.0. The topological polar surface area (TPSA) is 104 Å². The number of aromatic nitrogens is 2.